The van der Waals surface area contributed by atoms with Crippen molar-refractivity contribution >= 4 is 21.0 Å². The van der Waals surface area contributed by atoms with E-state index in [1.165, 1.54) is 0 Å². The summed E-state index contributed by atoms with van der Waals surface area (Å²) >= 11 is 0. The Labute approximate surface area is 79.3 Å². The molecule has 1 aliphatic rings. The van der Waals surface area contributed by atoms with Gasteiger partial charge < -0.3 is 9.24 Å². The molecule has 0 spiro atoms. The highest BCUT2D eigenvalue weighted by Gasteiger charge is 2.23. The van der Waals surface area contributed by atoms with E-state index in [1.807, 2.05) is 35.9 Å². The highest BCUT2D eigenvalue weighted by Crippen LogP contribution is 2.22. The minimum Gasteiger partial charge on any atom is -0.316 e. The van der Waals surface area contributed by atoms with Gasteiger partial charge in [-0.1, -0.05) is 6.08 Å². The SMILES string of the molecule is CC=C1CN(P)C(=O)c2cccn21. The topological polar surface area (TPSA) is 25.2 Å². The molecule has 1 unspecified atom stereocenters. The van der Waals surface area contributed by atoms with E-state index in [1.54, 1.807) is 4.67 Å². The molecular formula is C9H11N2OP. The number of carbonyl (C=O) groups is 1. The van der Waals surface area contributed by atoms with Crippen molar-refractivity contribution in [3.8, 4) is 0 Å². The van der Waals surface area contributed by atoms with E-state index in [0.717, 1.165) is 11.4 Å². The lowest BCUT2D eigenvalue weighted by Crippen LogP contribution is -2.31. The highest BCUT2D eigenvalue weighted by atomic mass is 31.0. The molecule has 13 heavy (non-hydrogen) atoms. The van der Waals surface area contributed by atoms with Crippen LogP contribution in [0.2, 0.25) is 0 Å². The average molecular weight is 194 g/mol. The molecule has 1 aromatic rings. The van der Waals surface area contributed by atoms with Crippen LogP contribution in [0.3, 0.4) is 0 Å². The molecule has 1 atom stereocenters. The van der Waals surface area contributed by atoms with Gasteiger partial charge in [-0.3, -0.25) is 4.79 Å². The first kappa shape index (κ1) is 8.52. The Hall–Kier alpha value is -1.08. The number of hydrogen-bond donors (Lipinski definition) is 0. The van der Waals surface area contributed by atoms with Crippen LogP contribution < -0.4 is 0 Å². The number of amides is 1. The van der Waals surface area contributed by atoms with Crippen molar-refractivity contribution in [3.63, 3.8) is 0 Å². The maximum absolute atomic E-state index is 11.6. The van der Waals surface area contributed by atoms with Gasteiger partial charge in [0.1, 0.15) is 5.69 Å². The lowest BCUT2D eigenvalue weighted by atomic mass is 10.3. The average Bonchev–Trinajstić information content (AvgIpc) is 2.60. The number of hydrogen-bond acceptors (Lipinski definition) is 1. The van der Waals surface area contributed by atoms with E-state index >= 15 is 0 Å². The molecule has 68 valence electrons. The maximum Gasteiger partial charge on any atom is 0.274 e. The van der Waals surface area contributed by atoms with Crippen molar-refractivity contribution in [2.24, 2.45) is 0 Å². The zero-order chi connectivity index (χ0) is 9.42. The lowest BCUT2D eigenvalue weighted by molar-refractivity contribution is 0.0863. The van der Waals surface area contributed by atoms with Crippen molar-refractivity contribution in [1.29, 1.82) is 0 Å². The summed E-state index contributed by atoms with van der Waals surface area (Å²) in [6, 6.07) is 3.72. The van der Waals surface area contributed by atoms with Gasteiger partial charge in [0.15, 0.2) is 0 Å². The third-order valence-electron chi connectivity index (χ3n) is 2.20. The standard InChI is InChI=1S/C9H11N2OP/c1-2-7-6-11(13)9(12)8-4-3-5-10(7)8/h2-5H,6,13H2,1H3. The van der Waals surface area contributed by atoms with Gasteiger partial charge in [-0.25, -0.2) is 0 Å². The molecule has 0 bridgehead atoms. The molecule has 0 saturated carbocycles. The zero-order valence-electron chi connectivity index (χ0n) is 7.40. The third-order valence-corrected chi connectivity index (χ3v) is 2.62. The summed E-state index contributed by atoms with van der Waals surface area (Å²) < 4.78 is 3.58. The summed E-state index contributed by atoms with van der Waals surface area (Å²) in [7, 11) is 2.44. The number of carbonyl (C=O) groups excluding carboxylic acids is 1. The van der Waals surface area contributed by atoms with Crippen LogP contribution in [0.1, 0.15) is 17.4 Å². The predicted molar refractivity (Wildman–Crippen MR) is 55.1 cm³/mol. The van der Waals surface area contributed by atoms with Crippen LogP contribution >= 0.6 is 9.39 Å². The van der Waals surface area contributed by atoms with Gasteiger partial charge in [-0.05, 0) is 28.4 Å². The Bertz CT molecular complexity index is 381. The van der Waals surface area contributed by atoms with Crippen molar-refractivity contribution in [1.82, 2.24) is 9.24 Å². The first-order valence-electron chi connectivity index (χ1n) is 4.13. The van der Waals surface area contributed by atoms with E-state index in [2.05, 4.69) is 9.39 Å². The van der Waals surface area contributed by atoms with Gasteiger partial charge in [0.2, 0.25) is 0 Å². The third kappa shape index (κ3) is 1.20. The smallest absolute Gasteiger partial charge is 0.274 e. The minimum atomic E-state index is 0.0561. The summed E-state index contributed by atoms with van der Waals surface area (Å²) in [5, 5.41) is 0. The molecule has 1 aliphatic heterocycles. The number of aromatic nitrogens is 1. The number of allylic oxidation sites excluding steroid dienone is 1. The molecule has 0 fully saturated rings. The van der Waals surface area contributed by atoms with Crippen LogP contribution in [-0.4, -0.2) is 21.7 Å². The normalized spacial score (nSPS) is 19.4. The molecule has 2 heterocycles. The zero-order valence-corrected chi connectivity index (χ0v) is 8.55. The highest BCUT2D eigenvalue weighted by molar-refractivity contribution is 7.14. The van der Waals surface area contributed by atoms with Gasteiger partial charge in [-0.2, -0.15) is 0 Å². The molecule has 2 rings (SSSR count). The Morgan fingerprint density at radius 2 is 2.38 bits per heavy atom. The molecule has 0 saturated heterocycles. The molecule has 1 amide bonds. The Kier molecular flexibility index (Phi) is 1.97. The first-order valence-corrected chi connectivity index (χ1v) is 4.65. The second kappa shape index (κ2) is 3.00. The summed E-state index contributed by atoms with van der Waals surface area (Å²) in [5.41, 5.74) is 1.86. The fourth-order valence-electron chi connectivity index (χ4n) is 1.51. The lowest BCUT2D eigenvalue weighted by Gasteiger charge is -2.26. The van der Waals surface area contributed by atoms with Gasteiger partial charge in [0.05, 0.1) is 6.54 Å². The van der Waals surface area contributed by atoms with Crippen molar-refractivity contribution in [3.05, 3.63) is 30.1 Å². The fourth-order valence-corrected chi connectivity index (χ4v) is 1.82. The van der Waals surface area contributed by atoms with E-state index in [4.69, 9.17) is 0 Å². The monoisotopic (exact) mass is 194 g/mol. The Morgan fingerprint density at radius 1 is 1.62 bits per heavy atom. The van der Waals surface area contributed by atoms with Crippen LogP contribution in [0.5, 0.6) is 0 Å². The Morgan fingerprint density at radius 3 is 3.08 bits per heavy atom. The van der Waals surface area contributed by atoms with Crippen LogP contribution in [-0.2, 0) is 0 Å². The summed E-state index contributed by atoms with van der Waals surface area (Å²) in [4.78, 5) is 11.6. The molecule has 0 aromatic carbocycles. The first-order chi connectivity index (χ1) is 6.24. The predicted octanol–water partition coefficient (Wildman–Crippen LogP) is 1.59. The summed E-state index contributed by atoms with van der Waals surface area (Å²) in [6.07, 6.45) is 3.94. The van der Waals surface area contributed by atoms with E-state index in [0.29, 0.717) is 6.54 Å². The molecule has 1 aromatic heterocycles. The molecule has 3 nitrogen and oxygen atoms in total. The van der Waals surface area contributed by atoms with Crippen molar-refractivity contribution < 1.29 is 4.79 Å². The molecular weight excluding hydrogens is 183 g/mol. The number of rotatable bonds is 0. The molecule has 4 heteroatoms. The Balaban J connectivity index is 2.57. The fraction of sp³-hybridized carbons (Fsp3) is 0.222. The maximum atomic E-state index is 11.6. The number of fused-ring (bicyclic) bond motifs is 1. The van der Waals surface area contributed by atoms with Gasteiger partial charge in [0.25, 0.3) is 5.91 Å². The molecule has 0 aliphatic carbocycles. The van der Waals surface area contributed by atoms with E-state index < -0.39 is 0 Å². The van der Waals surface area contributed by atoms with Crippen molar-refractivity contribution in [2.45, 2.75) is 6.92 Å². The van der Waals surface area contributed by atoms with Crippen LogP contribution in [0.15, 0.2) is 24.4 Å². The van der Waals surface area contributed by atoms with E-state index in [9.17, 15) is 4.79 Å². The summed E-state index contributed by atoms with van der Waals surface area (Å²) in [6.45, 7) is 2.63. The molecule has 0 N–H and O–H groups in total. The molecule has 0 radical (unpaired) electrons. The quantitative estimate of drug-likeness (QED) is 0.576. The second-order valence-electron chi connectivity index (χ2n) is 2.98. The second-order valence-corrected chi connectivity index (χ2v) is 3.60. The largest absolute Gasteiger partial charge is 0.316 e. The van der Waals surface area contributed by atoms with Crippen LogP contribution in [0.25, 0.3) is 5.70 Å². The minimum absolute atomic E-state index is 0.0561. The van der Waals surface area contributed by atoms with Gasteiger partial charge in [-0.15, -0.1) is 0 Å². The van der Waals surface area contributed by atoms with Crippen molar-refractivity contribution in [2.75, 3.05) is 6.54 Å². The number of nitrogens with zero attached hydrogens (tertiary/aromatic N) is 2. The van der Waals surface area contributed by atoms with Crippen LogP contribution in [0, 0.1) is 0 Å². The van der Waals surface area contributed by atoms with Gasteiger partial charge in [0, 0.05) is 11.9 Å². The van der Waals surface area contributed by atoms with Gasteiger partial charge >= 0.3 is 0 Å². The van der Waals surface area contributed by atoms with E-state index in [-0.39, 0.29) is 5.91 Å². The van der Waals surface area contributed by atoms with Crippen LogP contribution in [0.4, 0.5) is 0 Å². The summed E-state index contributed by atoms with van der Waals surface area (Å²) in [5.74, 6) is 0.0561.